The fraction of sp³-hybridized carbons (Fsp3) is 0.778. The highest BCUT2D eigenvalue weighted by Gasteiger charge is 2.36. The average Bonchev–Trinajstić information content (AvgIpc) is 2.06. The molecular weight excluding hydrogens is 184 g/mol. The zero-order valence-corrected chi connectivity index (χ0v) is 9.13. The third-order valence-corrected chi connectivity index (χ3v) is 3.86. The van der Waals surface area contributed by atoms with Crippen molar-refractivity contribution in [2.24, 2.45) is 0 Å². The van der Waals surface area contributed by atoms with Crippen LogP contribution in [0.2, 0.25) is 0 Å². The van der Waals surface area contributed by atoms with E-state index in [4.69, 9.17) is 13.3 Å². The molecule has 3 nitrogen and oxygen atoms in total. The van der Waals surface area contributed by atoms with E-state index in [1.807, 2.05) is 20.8 Å². The first kappa shape index (κ1) is 15.3. The summed E-state index contributed by atoms with van der Waals surface area (Å²) in [6, 6.07) is 0. The summed E-state index contributed by atoms with van der Waals surface area (Å²) in [4.78, 5) is 0. The van der Waals surface area contributed by atoms with E-state index in [0.29, 0.717) is 19.8 Å². The van der Waals surface area contributed by atoms with Crippen LogP contribution in [-0.2, 0) is 13.3 Å². The zero-order valence-electron chi connectivity index (χ0n) is 8.13. The molecule has 4 heteroatoms. The Balaban J connectivity index is 0. The smallest absolute Gasteiger partial charge is 0.371 e. The Labute approximate surface area is 83.1 Å². The predicted octanol–water partition coefficient (Wildman–Crippen LogP) is 2.40. The summed E-state index contributed by atoms with van der Waals surface area (Å²) >= 11 is 0. The van der Waals surface area contributed by atoms with Gasteiger partial charge in [0.2, 0.25) is 0 Å². The molecule has 80 valence electrons. The SMILES string of the molecule is C.C=C[Si](OCC)(OCC)OCC. The molecule has 0 saturated carbocycles. The average molecular weight is 206 g/mol. The van der Waals surface area contributed by atoms with Gasteiger partial charge in [0.15, 0.2) is 0 Å². The van der Waals surface area contributed by atoms with Gasteiger partial charge in [0, 0.05) is 19.8 Å². The summed E-state index contributed by atoms with van der Waals surface area (Å²) in [5.74, 6) is 0. The van der Waals surface area contributed by atoms with Gasteiger partial charge in [-0.05, 0) is 26.5 Å². The van der Waals surface area contributed by atoms with E-state index in [0.717, 1.165) is 0 Å². The van der Waals surface area contributed by atoms with Gasteiger partial charge in [-0.3, -0.25) is 0 Å². The van der Waals surface area contributed by atoms with Gasteiger partial charge in [-0.25, -0.2) is 0 Å². The fourth-order valence-corrected chi connectivity index (χ4v) is 2.72. The van der Waals surface area contributed by atoms with Crippen LogP contribution in [0.1, 0.15) is 28.2 Å². The number of rotatable bonds is 7. The highest BCUT2D eigenvalue weighted by Crippen LogP contribution is 2.10. The third kappa shape index (κ3) is 5.20. The molecule has 0 heterocycles. The van der Waals surface area contributed by atoms with E-state index in [2.05, 4.69) is 6.58 Å². The van der Waals surface area contributed by atoms with E-state index in [1.54, 1.807) is 5.70 Å². The summed E-state index contributed by atoms with van der Waals surface area (Å²) < 4.78 is 16.3. The first-order chi connectivity index (χ1) is 5.74. The maximum Gasteiger partial charge on any atom is 0.528 e. The van der Waals surface area contributed by atoms with Crippen LogP contribution in [0.4, 0.5) is 0 Å². The molecule has 13 heavy (non-hydrogen) atoms. The molecule has 0 rings (SSSR count). The minimum Gasteiger partial charge on any atom is -0.371 e. The monoisotopic (exact) mass is 206 g/mol. The van der Waals surface area contributed by atoms with Crippen LogP contribution in [-0.4, -0.2) is 28.6 Å². The van der Waals surface area contributed by atoms with Gasteiger partial charge in [0.25, 0.3) is 0 Å². The Morgan fingerprint density at radius 1 is 1.00 bits per heavy atom. The van der Waals surface area contributed by atoms with Crippen LogP contribution in [0.25, 0.3) is 0 Å². The lowest BCUT2D eigenvalue weighted by Crippen LogP contribution is -2.44. The van der Waals surface area contributed by atoms with Crippen LogP contribution in [0, 0.1) is 0 Å². The Morgan fingerprint density at radius 2 is 1.31 bits per heavy atom. The van der Waals surface area contributed by atoms with Gasteiger partial charge < -0.3 is 13.3 Å². The van der Waals surface area contributed by atoms with Crippen molar-refractivity contribution < 1.29 is 13.3 Å². The standard InChI is InChI=1S/C8H18O3Si.CH4/c1-5-9-12(8-4,10-6-2)11-7-3;/h8H,4-7H2,1-3H3;1H4. The second-order valence-corrected chi connectivity index (χ2v) is 4.59. The van der Waals surface area contributed by atoms with Crippen molar-refractivity contribution in [2.75, 3.05) is 19.8 Å². The summed E-state index contributed by atoms with van der Waals surface area (Å²) in [7, 11) is -2.51. The van der Waals surface area contributed by atoms with E-state index in [1.165, 1.54) is 0 Å². The molecule has 0 bridgehead atoms. The van der Waals surface area contributed by atoms with Gasteiger partial charge in [0.1, 0.15) is 0 Å². The molecule has 0 saturated heterocycles. The maximum absolute atomic E-state index is 5.44. The summed E-state index contributed by atoms with van der Waals surface area (Å²) in [6.07, 6.45) is 0. The predicted molar refractivity (Wildman–Crippen MR) is 57.6 cm³/mol. The van der Waals surface area contributed by atoms with Gasteiger partial charge in [-0.15, -0.1) is 0 Å². The summed E-state index contributed by atoms with van der Waals surface area (Å²) in [6.45, 7) is 11.2. The number of hydrogen-bond acceptors (Lipinski definition) is 3. The largest absolute Gasteiger partial charge is 0.528 e. The minimum atomic E-state index is -2.51. The lowest BCUT2D eigenvalue weighted by molar-refractivity contribution is 0.0844. The van der Waals surface area contributed by atoms with Crippen LogP contribution in [0.15, 0.2) is 12.3 Å². The molecule has 0 fully saturated rings. The van der Waals surface area contributed by atoms with Gasteiger partial charge in [-0.1, -0.05) is 14.0 Å². The van der Waals surface area contributed by atoms with Crippen molar-refractivity contribution in [2.45, 2.75) is 28.2 Å². The summed E-state index contributed by atoms with van der Waals surface area (Å²) in [5.41, 5.74) is 1.67. The molecule has 0 atom stereocenters. The Hall–Kier alpha value is -0.163. The molecule has 0 unspecified atom stereocenters. The Morgan fingerprint density at radius 3 is 1.46 bits per heavy atom. The lowest BCUT2D eigenvalue weighted by Gasteiger charge is -2.24. The van der Waals surface area contributed by atoms with E-state index < -0.39 is 8.80 Å². The second kappa shape index (κ2) is 8.44. The summed E-state index contributed by atoms with van der Waals surface area (Å²) in [5, 5.41) is 0. The van der Waals surface area contributed by atoms with Gasteiger partial charge in [0.05, 0.1) is 0 Å². The molecule has 0 radical (unpaired) electrons. The third-order valence-electron chi connectivity index (χ3n) is 1.29. The zero-order chi connectivity index (χ0) is 9.45. The molecule has 0 aliphatic carbocycles. The molecular formula is C9H22O3Si. The molecule has 0 amide bonds. The van der Waals surface area contributed by atoms with Crippen molar-refractivity contribution in [1.82, 2.24) is 0 Å². The quantitative estimate of drug-likeness (QED) is 0.599. The highest BCUT2D eigenvalue weighted by molar-refractivity contribution is 6.66. The minimum absolute atomic E-state index is 0. The van der Waals surface area contributed by atoms with Crippen LogP contribution >= 0.6 is 0 Å². The van der Waals surface area contributed by atoms with Crippen LogP contribution in [0.3, 0.4) is 0 Å². The topological polar surface area (TPSA) is 27.7 Å². The lowest BCUT2D eigenvalue weighted by atomic mass is 10.9. The normalized spacial score (nSPS) is 10.7. The maximum atomic E-state index is 5.44. The molecule has 0 spiro atoms. The van der Waals surface area contributed by atoms with Crippen LogP contribution in [0.5, 0.6) is 0 Å². The molecule has 0 aromatic heterocycles. The number of hydrogen-bond donors (Lipinski definition) is 0. The van der Waals surface area contributed by atoms with Crippen molar-refractivity contribution >= 4 is 8.80 Å². The van der Waals surface area contributed by atoms with Crippen LogP contribution < -0.4 is 0 Å². The first-order valence-electron chi connectivity index (χ1n) is 4.30. The Bertz CT molecular complexity index is 111. The van der Waals surface area contributed by atoms with E-state index >= 15 is 0 Å². The molecule has 0 aliphatic rings. The second-order valence-electron chi connectivity index (χ2n) is 2.11. The fourth-order valence-electron chi connectivity index (χ4n) is 0.905. The highest BCUT2D eigenvalue weighted by atomic mass is 28.4. The van der Waals surface area contributed by atoms with E-state index in [9.17, 15) is 0 Å². The van der Waals surface area contributed by atoms with Gasteiger partial charge >= 0.3 is 8.80 Å². The van der Waals surface area contributed by atoms with Crippen molar-refractivity contribution in [3.05, 3.63) is 12.3 Å². The molecule has 0 aromatic carbocycles. The molecule has 0 aromatic rings. The van der Waals surface area contributed by atoms with Crippen molar-refractivity contribution in [1.29, 1.82) is 0 Å². The molecule has 0 N–H and O–H groups in total. The van der Waals surface area contributed by atoms with Crippen molar-refractivity contribution in [3.63, 3.8) is 0 Å². The van der Waals surface area contributed by atoms with Crippen molar-refractivity contribution in [3.8, 4) is 0 Å². The van der Waals surface area contributed by atoms with Gasteiger partial charge in [-0.2, -0.15) is 0 Å². The Kier molecular flexibility index (Phi) is 9.94. The van der Waals surface area contributed by atoms with E-state index in [-0.39, 0.29) is 7.43 Å². The first-order valence-corrected chi connectivity index (χ1v) is 6.10. The molecule has 0 aliphatic heterocycles.